The Kier molecular flexibility index (Phi) is 7.95. The molecular weight excluding hydrogens is 260 g/mol. The zero-order valence-corrected chi connectivity index (χ0v) is 13.3. The van der Waals surface area contributed by atoms with E-state index in [1.54, 1.807) is 0 Å². The van der Waals surface area contributed by atoms with Gasteiger partial charge in [-0.3, -0.25) is 0 Å². The number of hydrogen-bond acceptors (Lipinski definition) is 3. The predicted molar refractivity (Wildman–Crippen MR) is 80.8 cm³/mol. The van der Waals surface area contributed by atoms with Gasteiger partial charge in [0.25, 0.3) is 0 Å². The quantitative estimate of drug-likeness (QED) is 0.543. The van der Waals surface area contributed by atoms with Crippen LogP contribution in [0.15, 0.2) is 0 Å². The number of hydrogen-bond donors (Lipinski definition) is 2. The van der Waals surface area contributed by atoms with Crippen LogP contribution in [-0.2, 0) is 10.0 Å². The SMILES string of the molecule is CCCCCC(C)NS(=O)(=O)CCCCNC1CC1. The minimum Gasteiger partial charge on any atom is -0.314 e. The molecule has 1 aliphatic carbocycles. The molecule has 5 heteroatoms. The lowest BCUT2D eigenvalue weighted by Gasteiger charge is -2.14. The minimum atomic E-state index is -3.08. The van der Waals surface area contributed by atoms with E-state index in [4.69, 9.17) is 0 Å². The van der Waals surface area contributed by atoms with Gasteiger partial charge in [-0.1, -0.05) is 26.2 Å². The van der Waals surface area contributed by atoms with Gasteiger partial charge in [0.2, 0.25) is 10.0 Å². The number of rotatable bonds is 12. The van der Waals surface area contributed by atoms with Crippen LogP contribution >= 0.6 is 0 Å². The average molecular weight is 290 g/mol. The molecule has 1 rings (SSSR count). The Labute approximate surface area is 118 Å². The van der Waals surface area contributed by atoms with Crippen LogP contribution in [-0.4, -0.2) is 32.8 Å². The highest BCUT2D eigenvalue weighted by Gasteiger charge is 2.19. The largest absolute Gasteiger partial charge is 0.314 e. The summed E-state index contributed by atoms with van der Waals surface area (Å²) in [6.07, 6.45) is 8.66. The van der Waals surface area contributed by atoms with Crippen LogP contribution in [0, 0.1) is 0 Å². The van der Waals surface area contributed by atoms with Gasteiger partial charge in [-0.15, -0.1) is 0 Å². The molecule has 1 fully saturated rings. The Hall–Kier alpha value is -0.130. The van der Waals surface area contributed by atoms with Crippen LogP contribution in [0.2, 0.25) is 0 Å². The maximum absolute atomic E-state index is 11.9. The smallest absolute Gasteiger partial charge is 0.211 e. The van der Waals surface area contributed by atoms with E-state index in [0.29, 0.717) is 6.04 Å². The van der Waals surface area contributed by atoms with Crippen LogP contribution in [0.3, 0.4) is 0 Å². The highest BCUT2D eigenvalue weighted by Crippen LogP contribution is 2.18. The Bertz CT molecular complexity index is 326. The first kappa shape index (κ1) is 16.9. The molecule has 0 aliphatic heterocycles. The van der Waals surface area contributed by atoms with Crippen molar-refractivity contribution in [3.63, 3.8) is 0 Å². The summed E-state index contributed by atoms with van der Waals surface area (Å²) >= 11 is 0. The Balaban J connectivity index is 2.04. The topological polar surface area (TPSA) is 58.2 Å². The van der Waals surface area contributed by atoms with Gasteiger partial charge >= 0.3 is 0 Å². The molecule has 0 saturated heterocycles. The van der Waals surface area contributed by atoms with E-state index in [-0.39, 0.29) is 11.8 Å². The molecule has 0 amide bonds. The van der Waals surface area contributed by atoms with Crippen molar-refractivity contribution in [3.05, 3.63) is 0 Å². The highest BCUT2D eigenvalue weighted by molar-refractivity contribution is 7.89. The van der Waals surface area contributed by atoms with Gasteiger partial charge in [0.15, 0.2) is 0 Å². The fourth-order valence-electron chi connectivity index (χ4n) is 2.14. The summed E-state index contributed by atoms with van der Waals surface area (Å²) in [4.78, 5) is 0. The first-order valence-corrected chi connectivity index (χ1v) is 9.42. The molecule has 2 N–H and O–H groups in total. The summed E-state index contributed by atoms with van der Waals surface area (Å²) in [7, 11) is -3.08. The van der Waals surface area contributed by atoms with Gasteiger partial charge in [0.1, 0.15) is 0 Å². The summed E-state index contributed by atoms with van der Waals surface area (Å²) in [5.74, 6) is 0.261. The molecule has 0 spiro atoms. The fraction of sp³-hybridized carbons (Fsp3) is 1.00. The summed E-state index contributed by atoms with van der Waals surface area (Å²) in [5, 5.41) is 3.40. The predicted octanol–water partition coefficient (Wildman–Crippen LogP) is 2.41. The van der Waals surface area contributed by atoms with Crippen LogP contribution in [0.5, 0.6) is 0 Å². The van der Waals surface area contributed by atoms with Gasteiger partial charge in [-0.2, -0.15) is 0 Å². The molecule has 0 bridgehead atoms. The summed E-state index contributed by atoms with van der Waals surface area (Å²) in [6, 6.07) is 0.787. The van der Waals surface area contributed by atoms with Crippen molar-refractivity contribution < 1.29 is 8.42 Å². The number of sulfonamides is 1. The molecule has 0 aromatic carbocycles. The van der Waals surface area contributed by atoms with Gasteiger partial charge in [-0.05, 0) is 45.6 Å². The van der Waals surface area contributed by atoms with Crippen LogP contribution in [0.4, 0.5) is 0 Å². The van der Waals surface area contributed by atoms with Gasteiger partial charge < -0.3 is 5.32 Å². The van der Waals surface area contributed by atoms with E-state index in [1.165, 1.54) is 25.7 Å². The molecule has 1 aliphatic rings. The molecular formula is C14H30N2O2S. The van der Waals surface area contributed by atoms with Gasteiger partial charge in [0.05, 0.1) is 5.75 Å². The molecule has 0 heterocycles. The lowest BCUT2D eigenvalue weighted by Crippen LogP contribution is -2.34. The second kappa shape index (κ2) is 8.93. The maximum atomic E-state index is 11.9. The van der Waals surface area contributed by atoms with Crippen LogP contribution in [0.25, 0.3) is 0 Å². The van der Waals surface area contributed by atoms with Crippen LogP contribution < -0.4 is 10.0 Å². The number of nitrogens with one attached hydrogen (secondary N) is 2. The molecule has 19 heavy (non-hydrogen) atoms. The van der Waals surface area contributed by atoms with E-state index < -0.39 is 10.0 Å². The van der Waals surface area contributed by atoms with E-state index >= 15 is 0 Å². The normalized spacial score (nSPS) is 17.6. The standard InChI is InChI=1S/C14H30N2O2S/c1-3-4-5-8-13(2)16-19(17,18)12-7-6-11-15-14-9-10-14/h13-16H,3-12H2,1-2H3. The lowest BCUT2D eigenvalue weighted by molar-refractivity contribution is 0.524. The Morgan fingerprint density at radius 1 is 1.16 bits per heavy atom. The minimum absolute atomic E-state index is 0.0705. The molecule has 0 radical (unpaired) electrons. The Morgan fingerprint density at radius 2 is 1.89 bits per heavy atom. The third-order valence-electron chi connectivity index (χ3n) is 3.47. The summed E-state index contributed by atoms with van der Waals surface area (Å²) < 4.78 is 26.5. The van der Waals surface area contributed by atoms with Crippen molar-refractivity contribution in [1.82, 2.24) is 10.0 Å². The lowest BCUT2D eigenvalue weighted by atomic mass is 10.1. The van der Waals surface area contributed by atoms with Crippen molar-refractivity contribution in [2.75, 3.05) is 12.3 Å². The molecule has 1 atom stereocenters. The first-order valence-electron chi connectivity index (χ1n) is 7.77. The van der Waals surface area contributed by atoms with E-state index in [9.17, 15) is 8.42 Å². The fourth-order valence-corrected chi connectivity index (χ4v) is 3.57. The molecule has 114 valence electrons. The third kappa shape index (κ3) is 9.41. The van der Waals surface area contributed by atoms with Crippen molar-refractivity contribution in [2.24, 2.45) is 0 Å². The van der Waals surface area contributed by atoms with E-state index in [0.717, 1.165) is 32.2 Å². The van der Waals surface area contributed by atoms with Crippen LogP contribution in [0.1, 0.15) is 65.2 Å². The first-order chi connectivity index (χ1) is 9.03. The van der Waals surface area contributed by atoms with Crippen molar-refractivity contribution in [2.45, 2.75) is 77.3 Å². The molecule has 0 aromatic heterocycles. The molecule has 1 unspecified atom stereocenters. The monoisotopic (exact) mass is 290 g/mol. The molecule has 1 saturated carbocycles. The summed E-state index contributed by atoms with van der Waals surface area (Å²) in [6.45, 7) is 5.07. The van der Waals surface area contributed by atoms with Crippen molar-refractivity contribution >= 4 is 10.0 Å². The zero-order valence-electron chi connectivity index (χ0n) is 12.5. The Morgan fingerprint density at radius 3 is 2.53 bits per heavy atom. The van der Waals surface area contributed by atoms with Crippen molar-refractivity contribution in [3.8, 4) is 0 Å². The maximum Gasteiger partial charge on any atom is 0.211 e. The number of unbranched alkanes of at least 4 members (excludes halogenated alkanes) is 3. The summed E-state index contributed by atoms with van der Waals surface area (Å²) in [5.41, 5.74) is 0. The van der Waals surface area contributed by atoms with Gasteiger partial charge in [0, 0.05) is 12.1 Å². The molecule has 4 nitrogen and oxygen atoms in total. The van der Waals surface area contributed by atoms with Crippen molar-refractivity contribution in [1.29, 1.82) is 0 Å². The average Bonchev–Trinajstić information content (AvgIpc) is 3.12. The third-order valence-corrected chi connectivity index (χ3v) is 5.06. The highest BCUT2D eigenvalue weighted by atomic mass is 32.2. The second-order valence-electron chi connectivity index (χ2n) is 5.77. The zero-order chi connectivity index (χ0) is 14.1. The van der Waals surface area contributed by atoms with E-state index in [1.807, 2.05) is 6.92 Å². The van der Waals surface area contributed by atoms with E-state index in [2.05, 4.69) is 17.0 Å². The molecule has 0 aromatic rings. The second-order valence-corrected chi connectivity index (χ2v) is 7.64. The van der Waals surface area contributed by atoms with Gasteiger partial charge in [-0.25, -0.2) is 13.1 Å².